The molecule has 0 atom stereocenters. The summed E-state index contributed by atoms with van der Waals surface area (Å²) in [6.07, 6.45) is 0. The summed E-state index contributed by atoms with van der Waals surface area (Å²) in [5.74, 6) is 0.880. The zero-order chi connectivity index (χ0) is 15.0. The first-order valence-corrected chi connectivity index (χ1v) is 6.38. The van der Waals surface area contributed by atoms with Crippen LogP contribution in [0.15, 0.2) is 36.4 Å². The molecular weight excluding hydrogens is 270 g/mol. The molecule has 106 valence electrons. The summed E-state index contributed by atoms with van der Waals surface area (Å²) in [5.41, 5.74) is 3.01. The molecule has 0 spiro atoms. The van der Waals surface area contributed by atoms with Crippen molar-refractivity contribution in [1.82, 2.24) is 9.97 Å². The van der Waals surface area contributed by atoms with Gasteiger partial charge in [0.25, 0.3) is 0 Å². The van der Waals surface area contributed by atoms with E-state index in [2.05, 4.69) is 9.97 Å². The van der Waals surface area contributed by atoms with Gasteiger partial charge in [0.05, 0.1) is 23.1 Å². The molecule has 3 aromatic rings. The van der Waals surface area contributed by atoms with E-state index in [4.69, 9.17) is 4.74 Å². The van der Waals surface area contributed by atoms with E-state index < -0.39 is 4.92 Å². The van der Waals surface area contributed by atoms with Gasteiger partial charge in [-0.15, -0.1) is 0 Å². The first-order chi connectivity index (χ1) is 10.1. The van der Waals surface area contributed by atoms with Crippen molar-refractivity contribution in [3.63, 3.8) is 0 Å². The van der Waals surface area contributed by atoms with Crippen molar-refractivity contribution in [1.29, 1.82) is 0 Å². The first-order valence-electron chi connectivity index (χ1n) is 6.38. The predicted molar refractivity (Wildman–Crippen MR) is 79.5 cm³/mol. The van der Waals surface area contributed by atoms with Crippen LogP contribution in [0.1, 0.15) is 5.56 Å². The number of benzene rings is 2. The Hall–Kier alpha value is -2.89. The number of ether oxygens (including phenoxy) is 1. The standard InChI is InChI=1S/C15H13N3O3/c1-9-7-10(8-13(18(19)20)14(9)21-2)15-16-11-5-3-4-6-12(11)17-15/h3-8H,1-2H3,(H,16,17). The molecule has 0 saturated heterocycles. The van der Waals surface area contributed by atoms with Crippen LogP contribution in [0.3, 0.4) is 0 Å². The number of methoxy groups -OCH3 is 1. The molecule has 6 heteroatoms. The number of nitrogens with one attached hydrogen (secondary N) is 1. The summed E-state index contributed by atoms with van der Waals surface area (Å²) < 4.78 is 5.11. The lowest BCUT2D eigenvalue weighted by Crippen LogP contribution is -1.97. The van der Waals surface area contributed by atoms with Crippen LogP contribution in [-0.2, 0) is 0 Å². The second-order valence-electron chi connectivity index (χ2n) is 4.71. The number of hydrogen-bond donors (Lipinski definition) is 1. The Balaban J connectivity index is 2.20. The van der Waals surface area contributed by atoms with Gasteiger partial charge in [0.15, 0.2) is 5.75 Å². The molecule has 1 aromatic heterocycles. The number of imidazole rings is 1. The van der Waals surface area contributed by atoms with Crippen LogP contribution < -0.4 is 4.74 Å². The summed E-state index contributed by atoms with van der Waals surface area (Å²) in [5, 5.41) is 11.2. The fourth-order valence-corrected chi connectivity index (χ4v) is 2.38. The van der Waals surface area contributed by atoms with Gasteiger partial charge in [-0.1, -0.05) is 12.1 Å². The van der Waals surface area contributed by atoms with Gasteiger partial charge in [-0.25, -0.2) is 4.98 Å². The van der Waals surface area contributed by atoms with Gasteiger partial charge in [0.2, 0.25) is 0 Å². The molecule has 3 rings (SSSR count). The Morgan fingerprint density at radius 3 is 2.71 bits per heavy atom. The molecule has 0 aliphatic carbocycles. The molecule has 0 aliphatic heterocycles. The molecule has 21 heavy (non-hydrogen) atoms. The highest BCUT2D eigenvalue weighted by atomic mass is 16.6. The number of nitro benzene ring substituents is 1. The first kappa shape index (κ1) is 13.1. The summed E-state index contributed by atoms with van der Waals surface area (Å²) in [4.78, 5) is 18.4. The van der Waals surface area contributed by atoms with E-state index in [9.17, 15) is 10.1 Å². The number of H-pyrrole nitrogens is 1. The molecule has 0 bridgehead atoms. The third-order valence-corrected chi connectivity index (χ3v) is 3.32. The monoisotopic (exact) mass is 283 g/mol. The zero-order valence-corrected chi connectivity index (χ0v) is 11.6. The fourth-order valence-electron chi connectivity index (χ4n) is 2.38. The Kier molecular flexibility index (Phi) is 3.06. The van der Waals surface area contributed by atoms with Gasteiger partial charge in [-0.05, 0) is 30.7 Å². The topological polar surface area (TPSA) is 81.0 Å². The van der Waals surface area contributed by atoms with Crippen molar-refractivity contribution in [3.05, 3.63) is 52.1 Å². The highest BCUT2D eigenvalue weighted by Gasteiger charge is 2.20. The lowest BCUT2D eigenvalue weighted by atomic mass is 10.1. The number of para-hydroxylation sites is 2. The summed E-state index contributed by atoms with van der Waals surface area (Å²) in [6, 6.07) is 10.9. The van der Waals surface area contributed by atoms with Gasteiger partial charge < -0.3 is 9.72 Å². The summed E-state index contributed by atoms with van der Waals surface area (Å²) >= 11 is 0. The maximum Gasteiger partial charge on any atom is 0.311 e. The maximum absolute atomic E-state index is 11.2. The third kappa shape index (κ3) is 2.20. The number of aromatic nitrogens is 2. The molecule has 0 unspecified atom stereocenters. The largest absolute Gasteiger partial charge is 0.490 e. The van der Waals surface area contributed by atoms with Gasteiger partial charge in [0, 0.05) is 11.6 Å². The fraction of sp³-hybridized carbons (Fsp3) is 0.133. The molecule has 2 aromatic carbocycles. The van der Waals surface area contributed by atoms with Crippen molar-refractivity contribution in [2.24, 2.45) is 0 Å². The molecule has 0 saturated carbocycles. The van der Waals surface area contributed by atoms with Crippen molar-refractivity contribution in [2.75, 3.05) is 7.11 Å². The molecule has 0 radical (unpaired) electrons. The van der Waals surface area contributed by atoms with Crippen molar-refractivity contribution in [2.45, 2.75) is 6.92 Å². The predicted octanol–water partition coefficient (Wildman–Crippen LogP) is 3.46. The molecule has 1 heterocycles. The minimum absolute atomic E-state index is 0.0621. The van der Waals surface area contributed by atoms with E-state index in [0.717, 1.165) is 11.0 Å². The van der Waals surface area contributed by atoms with Crippen LogP contribution in [0.4, 0.5) is 5.69 Å². The van der Waals surface area contributed by atoms with Crippen LogP contribution in [0, 0.1) is 17.0 Å². The minimum Gasteiger partial charge on any atom is -0.490 e. The van der Waals surface area contributed by atoms with E-state index in [1.54, 1.807) is 6.92 Å². The smallest absolute Gasteiger partial charge is 0.311 e. The molecular formula is C15H13N3O3. The van der Waals surface area contributed by atoms with Crippen LogP contribution in [0.25, 0.3) is 22.4 Å². The zero-order valence-electron chi connectivity index (χ0n) is 11.6. The molecule has 0 fully saturated rings. The van der Waals surface area contributed by atoms with E-state index in [1.165, 1.54) is 13.2 Å². The average Bonchev–Trinajstić information content (AvgIpc) is 2.90. The van der Waals surface area contributed by atoms with Crippen molar-refractivity contribution >= 4 is 16.7 Å². The van der Waals surface area contributed by atoms with E-state index in [0.29, 0.717) is 17.0 Å². The number of fused-ring (bicyclic) bond motifs is 1. The van der Waals surface area contributed by atoms with E-state index in [-0.39, 0.29) is 11.4 Å². The quantitative estimate of drug-likeness (QED) is 0.589. The molecule has 6 nitrogen and oxygen atoms in total. The van der Waals surface area contributed by atoms with Gasteiger partial charge in [-0.2, -0.15) is 0 Å². The van der Waals surface area contributed by atoms with Gasteiger partial charge >= 0.3 is 5.69 Å². The third-order valence-electron chi connectivity index (χ3n) is 3.32. The lowest BCUT2D eigenvalue weighted by Gasteiger charge is -2.07. The van der Waals surface area contributed by atoms with E-state index in [1.807, 2.05) is 30.3 Å². The number of aromatic amines is 1. The normalized spacial score (nSPS) is 10.8. The number of nitro groups is 1. The second kappa shape index (κ2) is 4.90. The Bertz CT molecular complexity index is 806. The summed E-state index contributed by atoms with van der Waals surface area (Å²) in [7, 11) is 1.43. The Labute approximate surface area is 120 Å². The number of hydrogen-bond acceptors (Lipinski definition) is 4. The van der Waals surface area contributed by atoms with Crippen LogP contribution in [0.5, 0.6) is 5.75 Å². The van der Waals surface area contributed by atoms with Crippen molar-refractivity contribution in [3.8, 4) is 17.1 Å². The minimum atomic E-state index is -0.446. The lowest BCUT2D eigenvalue weighted by molar-refractivity contribution is -0.385. The van der Waals surface area contributed by atoms with Gasteiger partial charge in [0.1, 0.15) is 5.82 Å². The van der Waals surface area contributed by atoms with E-state index >= 15 is 0 Å². The highest BCUT2D eigenvalue weighted by Crippen LogP contribution is 2.35. The maximum atomic E-state index is 11.2. The number of aryl methyl sites for hydroxylation is 1. The average molecular weight is 283 g/mol. The Morgan fingerprint density at radius 2 is 2.05 bits per heavy atom. The van der Waals surface area contributed by atoms with Crippen molar-refractivity contribution < 1.29 is 9.66 Å². The van der Waals surface area contributed by atoms with Gasteiger partial charge in [-0.3, -0.25) is 10.1 Å². The highest BCUT2D eigenvalue weighted by molar-refractivity contribution is 5.80. The second-order valence-corrected chi connectivity index (χ2v) is 4.71. The van der Waals surface area contributed by atoms with Crippen LogP contribution in [-0.4, -0.2) is 22.0 Å². The van der Waals surface area contributed by atoms with Crippen LogP contribution >= 0.6 is 0 Å². The molecule has 1 N–H and O–H groups in total. The molecule has 0 amide bonds. The number of rotatable bonds is 3. The molecule has 0 aliphatic rings. The Morgan fingerprint density at radius 1 is 1.29 bits per heavy atom. The number of nitrogens with zero attached hydrogens (tertiary/aromatic N) is 2. The SMILES string of the molecule is COc1c(C)cc(-c2nc3ccccc3[nH]2)cc1[N+](=O)[O-]. The van der Waals surface area contributed by atoms with Crippen LogP contribution in [0.2, 0.25) is 0 Å². The summed E-state index contributed by atoms with van der Waals surface area (Å²) in [6.45, 7) is 1.78.